The van der Waals surface area contributed by atoms with Crippen LogP contribution in [0.25, 0.3) is 11.1 Å². The second-order valence-electron chi connectivity index (χ2n) is 7.12. The smallest absolute Gasteiger partial charge is 0.420 e. The Morgan fingerprint density at radius 2 is 1.97 bits per heavy atom. The molecular weight excluding hydrogens is 388 g/mol. The minimum atomic E-state index is -0.601. The van der Waals surface area contributed by atoms with Gasteiger partial charge in [0.15, 0.2) is 5.58 Å². The molecule has 30 heavy (non-hydrogen) atoms. The summed E-state index contributed by atoms with van der Waals surface area (Å²) in [5, 5.41) is 2.75. The molecular formula is C21H22N4O5. The second-order valence-corrected chi connectivity index (χ2v) is 7.12. The van der Waals surface area contributed by atoms with Crippen molar-refractivity contribution in [3.8, 4) is 5.75 Å². The number of fused-ring (bicyclic) bond motifs is 1. The summed E-state index contributed by atoms with van der Waals surface area (Å²) in [5.74, 6) is -0.570. The van der Waals surface area contributed by atoms with Gasteiger partial charge in [-0.1, -0.05) is 0 Å². The molecule has 3 heterocycles. The number of benzene rings is 1. The first-order valence-electron chi connectivity index (χ1n) is 9.78. The van der Waals surface area contributed by atoms with Crippen molar-refractivity contribution in [2.45, 2.75) is 25.8 Å². The molecule has 1 saturated heterocycles. The van der Waals surface area contributed by atoms with Crippen molar-refractivity contribution in [3.05, 3.63) is 52.8 Å². The summed E-state index contributed by atoms with van der Waals surface area (Å²) in [7, 11) is 1.52. The Balaban J connectivity index is 1.55. The molecule has 0 spiro atoms. The highest BCUT2D eigenvalue weighted by atomic mass is 16.5. The molecule has 0 bridgehead atoms. The number of piperidine rings is 1. The van der Waals surface area contributed by atoms with Crippen molar-refractivity contribution in [1.29, 1.82) is 0 Å². The van der Waals surface area contributed by atoms with Crippen LogP contribution in [-0.4, -0.2) is 46.5 Å². The minimum Gasteiger partial charge on any atom is -0.495 e. The number of anilines is 1. The molecule has 0 unspecified atom stereocenters. The van der Waals surface area contributed by atoms with Crippen molar-refractivity contribution < 1.29 is 18.7 Å². The van der Waals surface area contributed by atoms with Crippen molar-refractivity contribution >= 4 is 28.6 Å². The van der Waals surface area contributed by atoms with Gasteiger partial charge in [-0.2, -0.15) is 0 Å². The maximum atomic E-state index is 12.6. The maximum absolute atomic E-state index is 12.6. The molecule has 0 aliphatic carbocycles. The number of carbonyl (C=O) groups excluding carboxylic acids is 2. The Kier molecular flexibility index (Phi) is 5.51. The number of nitrogens with one attached hydrogen (secondary N) is 1. The molecule has 0 saturated carbocycles. The van der Waals surface area contributed by atoms with Crippen LogP contribution in [-0.2, 0) is 11.3 Å². The molecule has 2 aromatic heterocycles. The van der Waals surface area contributed by atoms with Gasteiger partial charge in [0.1, 0.15) is 18.0 Å². The number of likely N-dealkylation sites (tertiary alicyclic amines) is 1. The van der Waals surface area contributed by atoms with Crippen molar-refractivity contribution in [3.63, 3.8) is 0 Å². The number of carbonyl (C=O) groups is 2. The topological polar surface area (TPSA) is 107 Å². The summed E-state index contributed by atoms with van der Waals surface area (Å²) in [5.41, 5.74) is 1.49. The van der Waals surface area contributed by atoms with Gasteiger partial charge in [0.25, 0.3) is 5.91 Å². The Hall–Kier alpha value is -3.62. The average Bonchev–Trinajstić information content (AvgIpc) is 3.09. The predicted molar refractivity (Wildman–Crippen MR) is 110 cm³/mol. The summed E-state index contributed by atoms with van der Waals surface area (Å²) in [6, 6.07) is 8.03. The molecule has 9 nitrogen and oxygen atoms in total. The fraction of sp³-hybridized carbons (Fsp3) is 0.333. The number of oxazole rings is 1. The molecule has 0 atom stereocenters. The largest absolute Gasteiger partial charge is 0.495 e. The van der Waals surface area contributed by atoms with E-state index in [1.807, 2.05) is 0 Å². The van der Waals surface area contributed by atoms with E-state index in [2.05, 4.69) is 10.3 Å². The average molecular weight is 410 g/mol. The Labute approximate surface area is 172 Å². The van der Waals surface area contributed by atoms with Crippen LogP contribution in [0.1, 0.15) is 29.8 Å². The summed E-state index contributed by atoms with van der Waals surface area (Å²) in [6.07, 6.45) is 4.52. The Morgan fingerprint density at radius 1 is 1.17 bits per heavy atom. The number of methoxy groups -OCH3 is 1. The van der Waals surface area contributed by atoms with Gasteiger partial charge < -0.3 is 19.4 Å². The molecule has 1 aliphatic rings. The molecule has 1 fully saturated rings. The molecule has 2 amide bonds. The van der Waals surface area contributed by atoms with E-state index in [1.165, 1.54) is 17.9 Å². The quantitative estimate of drug-likeness (QED) is 0.692. The van der Waals surface area contributed by atoms with Gasteiger partial charge in [0.05, 0.1) is 18.8 Å². The van der Waals surface area contributed by atoms with E-state index < -0.39 is 11.7 Å². The lowest BCUT2D eigenvalue weighted by molar-refractivity contribution is -0.132. The Morgan fingerprint density at radius 3 is 2.67 bits per heavy atom. The van der Waals surface area contributed by atoms with E-state index in [9.17, 15) is 14.4 Å². The van der Waals surface area contributed by atoms with Crippen molar-refractivity contribution in [2.75, 3.05) is 25.5 Å². The van der Waals surface area contributed by atoms with E-state index in [-0.39, 0.29) is 18.1 Å². The van der Waals surface area contributed by atoms with Crippen LogP contribution >= 0.6 is 0 Å². The van der Waals surface area contributed by atoms with Gasteiger partial charge in [0.2, 0.25) is 5.91 Å². The first kappa shape index (κ1) is 19.7. The lowest BCUT2D eigenvalue weighted by atomic mass is 10.1. The number of aromatic nitrogens is 2. The highest BCUT2D eigenvalue weighted by molar-refractivity contribution is 6.03. The van der Waals surface area contributed by atoms with Crippen LogP contribution in [0.15, 0.2) is 45.7 Å². The molecule has 3 aromatic rings. The number of hydrogen-bond donors (Lipinski definition) is 1. The first-order valence-corrected chi connectivity index (χ1v) is 9.78. The SMILES string of the molecule is COc1ccc(C(=O)Nc2ccc3oc(=O)n(CC(=O)N4CCCCC4)c3c2)nc1. The van der Waals surface area contributed by atoms with E-state index in [1.54, 1.807) is 35.2 Å². The van der Waals surface area contributed by atoms with Crippen LogP contribution < -0.4 is 15.8 Å². The van der Waals surface area contributed by atoms with Gasteiger partial charge in [0, 0.05) is 18.8 Å². The first-order chi connectivity index (χ1) is 14.5. The van der Waals surface area contributed by atoms with Gasteiger partial charge in [-0.05, 0) is 49.6 Å². The van der Waals surface area contributed by atoms with Crippen LogP contribution in [0.5, 0.6) is 5.75 Å². The summed E-state index contributed by atoms with van der Waals surface area (Å²) in [6.45, 7) is 1.32. The Bertz CT molecular complexity index is 1130. The number of hydrogen-bond acceptors (Lipinski definition) is 6. The maximum Gasteiger partial charge on any atom is 0.420 e. The summed E-state index contributed by atoms with van der Waals surface area (Å²) >= 11 is 0. The monoisotopic (exact) mass is 410 g/mol. The summed E-state index contributed by atoms with van der Waals surface area (Å²) in [4.78, 5) is 43.2. The second kappa shape index (κ2) is 8.40. The zero-order chi connectivity index (χ0) is 21.1. The third-order valence-electron chi connectivity index (χ3n) is 5.13. The van der Waals surface area contributed by atoms with E-state index >= 15 is 0 Å². The molecule has 4 rings (SSSR count). The highest BCUT2D eigenvalue weighted by Gasteiger charge is 2.20. The van der Waals surface area contributed by atoms with Crippen molar-refractivity contribution in [2.24, 2.45) is 0 Å². The number of ether oxygens (including phenoxy) is 1. The van der Waals surface area contributed by atoms with E-state index in [0.29, 0.717) is 35.6 Å². The van der Waals surface area contributed by atoms with Crippen LogP contribution in [0.2, 0.25) is 0 Å². The molecule has 156 valence electrons. The van der Waals surface area contributed by atoms with Crippen LogP contribution in [0, 0.1) is 0 Å². The van der Waals surface area contributed by atoms with E-state index in [0.717, 1.165) is 19.3 Å². The van der Waals surface area contributed by atoms with Gasteiger partial charge in [-0.15, -0.1) is 0 Å². The van der Waals surface area contributed by atoms with Gasteiger partial charge in [-0.3, -0.25) is 14.2 Å². The van der Waals surface area contributed by atoms with Crippen LogP contribution in [0.4, 0.5) is 5.69 Å². The van der Waals surface area contributed by atoms with Crippen LogP contribution in [0.3, 0.4) is 0 Å². The molecule has 1 aliphatic heterocycles. The molecule has 1 aromatic carbocycles. The van der Waals surface area contributed by atoms with Crippen molar-refractivity contribution in [1.82, 2.24) is 14.5 Å². The minimum absolute atomic E-state index is 0.0940. The lowest BCUT2D eigenvalue weighted by Gasteiger charge is -2.26. The van der Waals surface area contributed by atoms with Gasteiger partial charge in [-0.25, -0.2) is 9.78 Å². The fourth-order valence-corrected chi connectivity index (χ4v) is 3.50. The number of nitrogens with zero attached hydrogens (tertiary/aromatic N) is 3. The lowest BCUT2D eigenvalue weighted by Crippen LogP contribution is -2.39. The number of amides is 2. The molecule has 9 heteroatoms. The number of rotatable bonds is 5. The molecule has 1 N–H and O–H groups in total. The highest BCUT2D eigenvalue weighted by Crippen LogP contribution is 2.20. The summed E-state index contributed by atoms with van der Waals surface area (Å²) < 4.78 is 11.6. The van der Waals surface area contributed by atoms with E-state index in [4.69, 9.17) is 9.15 Å². The molecule has 0 radical (unpaired) electrons. The zero-order valence-electron chi connectivity index (χ0n) is 16.6. The van der Waals surface area contributed by atoms with Gasteiger partial charge >= 0.3 is 5.76 Å². The third kappa shape index (κ3) is 4.05. The fourth-order valence-electron chi connectivity index (χ4n) is 3.50. The third-order valence-corrected chi connectivity index (χ3v) is 5.13. The predicted octanol–water partition coefficient (Wildman–Crippen LogP) is 2.26. The normalized spacial score (nSPS) is 14.0. The standard InChI is InChI=1S/C21H22N4O5/c1-29-15-6-7-16(22-12-15)20(27)23-14-5-8-18-17(11-14)25(21(28)30-18)13-19(26)24-9-3-2-4-10-24/h5-8,11-12H,2-4,9-10,13H2,1H3,(H,23,27). The number of pyridine rings is 1. The zero-order valence-corrected chi connectivity index (χ0v) is 16.6.